The Morgan fingerprint density at radius 2 is 1.83 bits per heavy atom. The number of guanidine groups is 1. The highest BCUT2D eigenvalue weighted by Crippen LogP contribution is 2.28. The molecule has 2 atom stereocenters. The monoisotopic (exact) mass is 576 g/mol. The molecule has 13 nitrogen and oxygen atoms in total. The van der Waals surface area contributed by atoms with Crippen molar-refractivity contribution in [3.8, 4) is 11.5 Å². The fourth-order valence-corrected chi connectivity index (χ4v) is 3.60. The van der Waals surface area contributed by atoms with E-state index in [1.54, 1.807) is 12.1 Å². The minimum atomic E-state index is -1.36. The lowest BCUT2D eigenvalue weighted by Gasteiger charge is -2.20. The normalized spacial score (nSPS) is 12.4. The Labute approximate surface area is 240 Å². The van der Waals surface area contributed by atoms with E-state index in [2.05, 4.69) is 41.6 Å². The molecular weight excluding hydrogens is 532 g/mol. The number of carbonyl (C=O) groups excluding carboxylic acids is 3. The van der Waals surface area contributed by atoms with Gasteiger partial charge in [-0.3, -0.25) is 19.4 Å². The molecule has 0 aliphatic heterocycles. The van der Waals surface area contributed by atoms with Crippen LogP contribution in [0.3, 0.4) is 0 Å². The van der Waals surface area contributed by atoms with Crippen molar-refractivity contribution < 1.29 is 33.8 Å². The van der Waals surface area contributed by atoms with E-state index in [4.69, 9.17) is 31.8 Å². The topological polar surface area (TPSA) is 221 Å². The number of nitrogens with two attached hydrogens (primary N) is 3. The van der Waals surface area contributed by atoms with Gasteiger partial charge in [0, 0.05) is 19.5 Å². The summed E-state index contributed by atoms with van der Waals surface area (Å²) in [4.78, 5) is 52.3. The average molecular weight is 577 g/mol. The number of rotatable bonds is 19. The molecule has 1 rings (SSSR count). The van der Waals surface area contributed by atoms with Crippen molar-refractivity contribution in [2.45, 2.75) is 77.4 Å². The van der Waals surface area contributed by atoms with Crippen LogP contribution < -0.4 is 37.3 Å². The van der Waals surface area contributed by atoms with Gasteiger partial charge in [-0.25, -0.2) is 4.79 Å². The molecule has 9 N–H and O–H groups in total. The maximum absolute atomic E-state index is 13.0. The molecule has 1 aromatic rings. The third kappa shape index (κ3) is 15.3. The molecule has 0 bridgehead atoms. The van der Waals surface area contributed by atoms with Gasteiger partial charge in [-0.15, -0.1) is 0 Å². The zero-order valence-electron chi connectivity index (χ0n) is 24.1. The van der Waals surface area contributed by atoms with Gasteiger partial charge in [-0.2, -0.15) is 0 Å². The number of aliphatic carboxylic acids is 1. The first-order valence-corrected chi connectivity index (χ1v) is 13.6. The Morgan fingerprint density at radius 3 is 2.46 bits per heavy atom. The van der Waals surface area contributed by atoms with Gasteiger partial charge in [0.2, 0.25) is 11.8 Å². The van der Waals surface area contributed by atoms with Gasteiger partial charge in [-0.1, -0.05) is 32.1 Å². The zero-order chi connectivity index (χ0) is 30.8. The lowest BCUT2D eigenvalue weighted by Crippen LogP contribution is -2.50. The number of esters is 1. The van der Waals surface area contributed by atoms with E-state index in [1.807, 2.05) is 0 Å². The van der Waals surface area contributed by atoms with Gasteiger partial charge in [0.1, 0.15) is 6.04 Å². The van der Waals surface area contributed by atoms with E-state index in [0.717, 1.165) is 24.8 Å². The number of hydrogen-bond donors (Lipinski definition) is 6. The molecule has 0 unspecified atom stereocenters. The van der Waals surface area contributed by atoms with Crippen molar-refractivity contribution in [1.82, 2.24) is 10.6 Å². The maximum Gasteiger partial charge on any atom is 0.334 e. The summed E-state index contributed by atoms with van der Waals surface area (Å²) in [5, 5.41) is 14.2. The second kappa shape index (κ2) is 19.0. The second-order valence-corrected chi connectivity index (χ2v) is 9.82. The molecule has 2 amide bonds. The van der Waals surface area contributed by atoms with Crippen LogP contribution >= 0.6 is 0 Å². The van der Waals surface area contributed by atoms with Crippen LogP contribution in [-0.4, -0.2) is 60.6 Å². The van der Waals surface area contributed by atoms with Crippen LogP contribution in [0, 0.1) is 5.92 Å². The van der Waals surface area contributed by atoms with E-state index >= 15 is 0 Å². The summed E-state index contributed by atoms with van der Waals surface area (Å²) in [6.45, 7) is 4.70. The SMILES string of the molecule is COc1cc(CNC(=O)CCCC/C=C/C(C)C)ccc1OC(=O)[C@H](CCCN=C(N)N)NC(=O)[C@@H](N)CC(=O)O. The van der Waals surface area contributed by atoms with Crippen LogP contribution in [-0.2, 0) is 25.7 Å². The predicted molar refractivity (Wildman–Crippen MR) is 155 cm³/mol. The fraction of sp³-hybridized carbons (Fsp3) is 0.536. The molecule has 0 heterocycles. The molecule has 13 heteroatoms. The molecule has 0 aliphatic rings. The Bertz CT molecular complexity index is 1070. The van der Waals surface area contributed by atoms with Crippen LogP contribution in [0.2, 0.25) is 0 Å². The summed E-state index contributed by atoms with van der Waals surface area (Å²) in [7, 11) is 1.40. The summed E-state index contributed by atoms with van der Waals surface area (Å²) in [6, 6.07) is 2.33. The van der Waals surface area contributed by atoms with E-state index in [1.165, 1.54) is 13.2 Å². The third-order valence-corrected chi connectivity index (χ3v) is 5.75. The molecule has 0 spiro atoms. The number of methoxy groups -OCH3 is 1. The summed E-state index contributed by atoms with van der Waals surface area (Å²) in [5.74, 6) is -2.20. The highest BCUT2D eigenvalue weighted by molar-refractivity contribution is 5.90. The van der Waals surface area contributed by atoms with Gasteiger partial charge in [-0.05, 0) is 55.7 Å². The number of unbranched alkanes of at least 4 members (excludes halogenated alkanes) is 2. The lowest BCUT2D eigenvalue weighted by atomic mass is 10.1. The highest BCUT2D eigenvalue weighted by atomic mass is 16.6. The highest BCUT2D eigenvalue weighted by Gasteiger charge is 2.27. The number of carboxylic acid groups (broad SMARTS) is 1. The molecule has 0 fully saturated rings. The van der Waals surface area contributed by atoms with E-state index in [-0.39, 0.29) is 42.9 Å². The average Bonchev–Trinajstić information content (AvgIpc) is 2.90. The van der Waals surface area contributed by atoms with E-state index < -0.39 is 36.4 Å². The number of ether oxygens (including phenoxy) is 2. The molecular formula is C28H44N6O7. The minimum Gasteiger partial charge on any atom is -0.493 e. The second-order valence-electron chi connectivity index (χ2n) is 9.82. The van der Waals surface area contributed by atoms with Crippen molar-refractivity contribution in [3.63, 3.8) is 0 Å². The third-order valence-electron chi connectivity index (χ3n) is 5.75. The quantitative estimate of drug-likeness (QED) is 0.0346. The van der Waals surface area contributed by atoms with Crippen LogP contribution in [0.1, 0.15) is 64.4 Å². The molecule has 0 aromatic heterocycles. The smallest absolute Gasteiger partial charge is 0.334 e. The van der Waals surface area contributed by atoms with Crippen LogP contribution in [0.25, 0.3) is 0 Å². The Hall–Kier alpha value is -4.13. The predicted octanol–water partition coefficient (Wildman–Crippen LogP) is 1.33. The van der Waals surface area contributed by atoms with Crippen LogP contribution in [0.15, 0.2) is 35.3 Å². The number of amides is 2. The number of nitrogens with one attached hydrogen (secondary N) is 2. The Morgan fingerprint density at radius 1 is 1.10 bits per heavy atom. The van der Waals surface area contributed by atoms with Crippen molar-refractivity contribution in [2.75, 3.05) is 13.7 Å². The summed E-state index contributed by atoms with van der Waals surface area (Å²) < 4.78 is 10.9. The molecule has 0 radical (unpaired) electrons. The molecule has 41 heavy (non-hydrogen) atoms. The van der Waals surface area contributed by atoms with E-state index in [0.29, 0.717) is 18.8 Å². The van der Waals surface area contributed by atoms with Gasteiger partial charge >= 0.3 is 11.9 Å². The number of carboxylic acids is 1. The van der Waals surface area contributed by atoms with Gasteiger partial charge < -0.3 is 42.4 Å². The van der Waals surface area contributed by atoms with Crippen molar-refractivity contribution in [3.05, 3.63) is 35.9 Å². The van der Waals surface area contributed by atoms with Crippen LogP contribution in [0.4, 0.5) is 0 Å². The summed E-state index contributed by atoms with van der Waals surface area (Å²) >= 11 is 0. The maximum atomic E-state index is 13.0. The number of aliphatic imine (C=N–C) groups is 1. The first-order chi connectivity index (χ1) is 19.4. The molecule has 1 aromatic carbocycles. The first kappa shape index (κ1) is 34.9. The van der Waals surface area contributed by atoms with E-state index in [9.17, 15) is 19.2 Å². The molecule has 0 saturated heterocycles. The standard InChI is InChI=1S/C28H44N6O7/c1-18(2)9-6-4-5-7-11-24(35)33-17-19-12-13-22(23(15-19)40-3)41-27(39)21(10-8-14-32-28(30)31)34-26(38)20(29)16-25(36)37/h6,9,12-13,15,18,20-21H,4-5,7-8,10-11,14,16-17,29H2,1-3H3,(H,33,35)(H,34,38)(H,36,37)(H4,30,31,32)/b9-6+/t20-,21-/m0/s1. The number of nitrogens with zero attached hydrogens (tertiary/aromatic N) is 1. The molecule has 0 saturated carbocycles. The largest absolute Gasteiger partial charge is 0.493 e. The number of hydrogen-bond acceptors (Lipinski definition) is 8. The number of carbonyl (C=O) groups is 4. The number of allylic oxidation sites excluding steroid dienone is 2. The van der Waals surface area contributed by atoms with Gasteiger partial charge in [0.05, 0.1) is 19.6 Å². The fourth-order valence-electron chi connectivity index (χ4n) is 3.60. The Balaban J connectivity index is 2.79. The summed E-state index contributed by atoms with van der Waals surface area (Å²) in [5.41, 5.74) is 17.0. The summed E-state index contributed by atoms with van der Waals surface area (Å²) in [6.07, 6.45) is 7.19. The lowest BCUT2D eigenvalue weighted by molar-refractivity contribution is -0.141. The van der Waals surface area contributed by atoms with Crippen molar-refractivity contribution >= 4 is 29.7 Å². The molecule has 228 valence electrons. The van der Waals surface area contributed by atoms with Crippen molar-refractivity contribution in [2.24, 2.45) is 28.1 Å². The van der Waals surface area contributed by atoms with Crippen LogP contribution in [0.5, 0.6) is 11.5 Å². The minimum absolute atomic E-state index is 0.0623. The van der Waals surface area contributed by atoms with Gasteiger partial charge in [0.15, 0.2) is 17.5 Å². The first-order valence-electron chi connectivity index (χ1n) is 13.6. The van der Waals surface area contributed by atoms with Gasteiger partial charge in [0.25, 0.3) is 0 Å². The molecule has 0 aliphatic carbocycles. The zero-order valence-corrected chi connectivity index (χ0v) is 24.1. The number of benzene rings is 1. The Kier molecular flexibility index (Phi) is 16.2. The van der Waals surface area contributed by atoms with Crippen molar-refractivity contribution in [1.29, 1.82) is 0 Å².